The first-order valence-electron chi connectivity index (χ1n) is 5.31. The number of carboxylic acid groups (broad SMARTS) is 2. The molecule has 0 aliphatic carbocycles. The van der Waals surface area contributed by atoms with E-state index in [0.717, 1.165) is 0 Å². The van der Waals surface area contributed by atoms with Crippen LogP contribution in [0.4, 0.5) is 0 Å². The van der Waals surface area contributed by atoms with E-state index in [1.54, 1.807) is 12.1 Å². The van der Waals surface area contributed by atoms with Gasteiger partial charge in [0.25, 0.3) is 0 Å². The van der Waals surface area contributed by atoms with E-state index < -0.39 is 11.9 Å². The van der Waals surface area contributed by atoms with Gasteiger partial charge in [0.15, 0.2) is 0 Å². The van der Waals surface area contributed by atoms with E-state index in [2.05, 4.69) is 0 Å². The zero-order valence-electron chi connectivity index (χ0n) is 12.2. The molecule has 0 aromatic heterocycles. The van der Waals surface area contributed by atoms with Gasteiger partial charge in [-0.2, -0.15) is 0 Å². The molecule has 0 saturated carbocycles. The Morgan fingerprint density at radius 1 is 1.17 bits per heavy atom. The van der Waals surface area contributed by atoms with Gasteiger partial charge in [-0.05, 0) is 23.5 Å². The van der Waals surface area contributed by atoms with Crippen molar-refractivity contribution in [3.63, 3.8) is 0 Å². The number of carboxylic acids is 2. The summed E-state index contributed by atoms with van der Waals surface area (Å²) >= 11 is 0. The molecule has 1 aromatic carbocycles. The Morgan fingerprint density at radius 2 is 1.72 bits per heavy atom. The van der Waals surface area contributed by atoms with E-state index in [-0.39, 0.29) is 69.4 Å². The number of rotatable bonds is 3. The molecule has 18 heavy (non-hydrogen) atoms. The summed E-state index contributed by atoms with van der Waals surface area (Å²) < 4.78 is 0. The van der Waals surface area contributed by atoms with Crippen LogP contribution in [0, 0.1) is 5.41 Å². The molecule has 0 aliphatic heterocycles. The fraction of sp³-hybridized carbons (Fsp3) is 0.385. The van der Waals surface area contributed by atoms with Gasteiger partial charge in [0, 0.05) is 0 Å². The SMILES string of the molecule is CC(C)(C)Cc1cccc(C(=O)O)c1C(=O)O.[H-].[K+]. The minimum absolute atomic E-state index is 0. The van der Waals surface area contributed by atoms with Gasteiger partial charge in [0.1, 0.15) is 0 Å². The Balaban J connectivity index is 0. The molecule has 0 amide bonds. The summed E-state index contributed by atoms with van der Waals surface area (Å²) in [5, 5.41) is 18.1. The van der Waals surface area contributed by atoms with Gasteiger partial charge in [0.2, 0.25) is 0 Å². The predicted octanol–water partition coefficient (Wildman–Crippen LogP) is -0.212. The molecular formula is C13H17KO4. The summed E-state index contributed by atoms with van der Waals surface area (Å²) in [6, 6.07) is 4.57. The van der Waals surface area contributed by atoms with Gasteiger partial charge < -0.3 is 11.6 Å². The van der Waals surface area contributed by atoms with Crippen LogP contribution < -0.4 is 51.4 Å². The zero-order chi connectivity index (χ0) is 13.2. The molecule has 2 N–H and O–H groups in total. The summed E-state index contributed by atoms with van der Waals surface area (Å²) in [5.41, 5.74) is 0.209. The second-order valence-electron chi connectivity index (χ2n) is 5.19. The fourth-order valence-electron chi connectivity index (χ4n) is 1.75. The summed E-state index contributed by atoms with van der Waals surface area (Å²) in [6.45, 7) is 5.93. The molecule has 0 atom stereocenters. The maximum atomic E-state index is 11.2. The summed E-state index contributed by atoms with van der Waals surface area (Å²) in [4.78, 5) is 22.2. The van der Waals surface area contributed by atoms with Gasteiger partial charge in [-0.1, -0.05) is 32.9 Å². The van der Waals surface area contributed by atoms with Crippen molar-refractivity contribution < 1.29 is 72.6 Å². The Labute approximate surface area is 150 Å². The molecule has 94 valence electrons. The molecular weight excluding hydrogens is 259 g/mol. The first-order chi connectivity index (χ1) is 7.72. The second kappa shape index (κ2) is 6.82. The number of hydrogen-bond acceptors (Lipinski definition) is 2. The molecule has 5 heteroatoms. The number of aromatic carboxylic acids is 2. The summed E-state index contributed by atoms with van der Waals surface area (Å²) in [6.07, 6.45) is 0.524. The number of hydrogen-bond donors (Lipinski definition) is 2. The van der Waals surface area contributed by atoms with Gasteiger partial charge in [0.05, 0.1) is 11.1 Å². The Kier molecular flexibility index (Phi) is 6.74. The van der Waals surface area contributed by atoms with Gasteiger partial charge in [-0.25, -0.2) is 9.59 Å². The van der Waals surface area contributed by atoms with E-state index in [1.165, 1.54) is 6.07 Å². The molecule has 0 unspecified atom stereocenters. The van der Waals surface area contributed by atoms with E-state index in [9.17, 15) is 9.59 Å². The van der Waals surface area contributed by atoms with Gasteiger partial charge in [-0.15, -0.1) is 0 Å². The van der Waals surface area contributed by atoms with Crippen molar-refractivity contribution in [2.24, 2.45) is 5.41 Å². The van der Waals surface area contributed by atoms with Crippen LogP contribution in [0.1, 0.15) is 48.5 Å². The standard InChI is InChI=1S/C13H16O4.K.H/c1-13(2,3)7-8-5-4-6-9(11(14)15)10(8)12(16)17;;/h4-6H,7H2,1-3H3,(H,14,15)(H,16,17);;/q;+1;-1. The topological polar surface area (TPSA) is 74.6 Å². The van der Waals surface area contributed by atoms with Crippen molar-refractivity contribution in [1.29, 1.82) is 0 Å². The van der Waals surface area contributed by atoms with Crippen molar-refractivity contribution in [2.45, 2.75) is 27.2 Å². The van der Waals surface area contributed by atoms with Crippen LogP contribution in [-0.4, -0.2) is 22.2 Å². The Morgan fingerprint density at radius 3 is 2.11 bits per heavy atom. The molecule has 0 spiro atoms. The molecule has 0 radical (unpaired) electrons. The monoisotopic (exact) mass is 276 g/mol. The fourth-order valence-corrected chi connectivity index (χ4v) is 1.75. The van der Waals surface area contributed by atoms with Crippen LogP contribution in [0.2, 0.25) is 0 Å². The number of carbonyl (C=O) groups is 2. The zero-order valence-corrected chi connectivity index (χ0v) is 14.3. The van der Waals surface area contributed by atoms with Crippen LogP contribution in [0.25, 0.3) is 0 Å². The molecule has 4 nitrogen and oxygen atoms in total. The third-order valence-electron chi connectivity index (χ3n) is 2.32. The normalized spacial score (nSPS) is 10.6. The molecule has 1 rings (SSSR count). The third-order valence-corrected chi connectivity index (χ3v) is 2.32. The van der Waals surface area contributed by atoms with Crippen molar-refractivity contribution in [3.8, 4) is 0 Å². The van der Waals surface area contributed by atoms with Crippen molar-refractivity contribution in [3.05, 3.63) is 34.9 Å². The van der Waals surface area contributed by atoms with Crippen LogP contribution in [0.5, 0.6) is 0 Å². The maximum Gasteiger partial charge on any atom is 1.00 e. The molecule has 0 saturated heterocycles. The molecule has 0 fully saturated rings. The average Bonchev–Trinajstić information content (AvgIpc) is 2.14. The number of benzene rings is 1. The van der Waals surface area contributed by atoms with Crippen LogP contribution in [-0.2, 0) is 6.42 Å². The van der Waals surface area contributed by atoms with Gasteiger partial charge >= 0.3 is 63.3 Å². The summed E-state index contributed by atoms with van der Waals surface area (Å²) in [5.74, 6) is -2.40. The van der Waals surface area contributed by atoms with E-state index >= 15 is 0 Å². The minimum Gasteiger partial charge on any atom is -1.00 e. The first kappa shape index (κ1) is 17.8. The molecule has 0 bridgehead atoms. The predicted molar refractivity (Wildman–Crippen MR) is 64.6 cm³/mol. The van der Waals surface area contributed by atoms with Crippen LogP contribution >= 0.6 is 0 Å². The van der Waals surface area contributed by atoms with Crippen LogP contribution in [0.15, 0.2) is 18.2 Å². The van der Waals surface area contributed by atoms with Gasteiger partial charge in [-0.3, -0.25) is 0 Å². The Hall–Kier alpha value is -0.204. The van der Waals surface area contributed by atoms with Crippen LogP contribution in [0.3, 0.4) is 0 Å². The molecule has 1 aromatic rings. The van der Waals surface area contributed by atoms with Crippen molar-refractivity contribution in [2.75, 3.05) is 0 Å². The quantitative estimate of drug-likeness (QED) is 0.749. The average molecular weight is 276 g/mol. The van der Waals surface area contributed by atoms with E-state index in [0.29, 0.717) is 12.0 Å². The molecule has 0 heterocycles. The maximum absolute atomic E-state index is 11.2. The van der Waals surface area contributed by atoms with E-state index in [4.69, 9.17) is 10.2 Å². The summed E-state index contributed by atoms with van der Waals surface area (Å²) in [7, 11) is 0. The van der Waals surface area contributed by atoms with Crippen molar-refractivity contribution in [1.82, 2.24) is 0 Å². The molecule has 0 aliphatic rings. The Bertz CT molecular complexity index is 466. The first-order valence-corrected chi connectivity index (χ1v) is 5.31. The minimum atomic E-state index is -1.21. The van der Waals surface area contributed by atoms with E-state index in [1.807, 2.05) is 20.8 Å². The van der Waals surface area contributed by atoms with Crippen molar-refractivity contribution >= 4 is 11.9 Å². The second-order valence-corrected chi connectivity index (χ2v) is 5.19. The third kappa shape index (κ3) is 4.82. The smallest absolute Gasteiger partial charge is 1.00 e. The largest absolute Gasteiger partial charge is 1.00 e.